The standard InChI is InChI=1S/C14H25N3O2/c1-11-8-16-6-3-2-4-13(16)9-17(11)14(18)15-12-5-7-19-10-12/h11-13H,2-10H2,1H3,(H,15,18). The van der Waals surface area contributed by atoms with Gasteiger partial charge in [0.15, 0.2) is 0 Å². The van der Waals surface area contributed by atoms with Crippen LogP contribution in [-0.2, 0) is 4.74 Å². The van der Waals surface area contributed by atoms with Crippen LogP contribution in [0.1, 0.15) is 32.6 Å². The topological polar surface area (TPSA) is 44.8 Å². The molecule has 0 bridgehead atoms. The lowest BCUT2D eigenvalue weighted by Crippen LogP contribution is -2.62. The van der Waals surface area contributed by atoms with E-state index in [4.69, 9.17) is 4.74 Å². The maximum Gasteiger partial charge on any atom is 0.318 e. The molecule has 3 saturated heterocycles. The highest BCUT2D eigenvalue weighted by Gasteiger charge is 2.35. The fourth-order valence-electron chi connectivity index (χ4n) is 3.54. The summed E-state index contributed by atoms with van der Waals surface area (Å²) < 4.78 is 5.32. The van der Waals surface area contributed by atoms with Crippen molar-refractivity contribution in [3.05, 3.63) is 0 Å². The van der Waals surface area contributed by atoms with Gasteiger partial charge in [0, 0.05) is 31.8 Å². The van der Waals surface area contributed by atoms with Crippen molar-refractivity contribution in [2.75, 3.05) is 32.8 Å². The molecule has 2 amide bonds. The van der Waals surface area contributed by atoms with Crippen molar-refractivity contribution in [3.8, 4) is 0 Å². The van der Waals surface area contributed by atoms with Crippen LogP contribution in [0.3, 0.4) is 0 Å². The van der Waals surface area contributed by atoms with Crippen LogP contribution in [-0.4, -0.2) is 66.8 Å². The number of fused-ring (bicyclic) bond motifs is 1. The Morgan fingerprint density at radius 2 is 2.16 bits per heavy atom. The van der Waals surface area contributed by atoms with E-state index in [1.165, 1.54) is 25.8 Å². The molecule has 0 spiro atoms. The van der Waals surface area contributed by atoms with E-state index in [1.54, 1.807) is 0 Å². The third-order valence-corrected chi connectivity index (χ3v) is 4.71. The molecule has 0 aliphatic carbocycles. The van der Waals surface area contributed by atoms with Crippen LogP contribution in [0.2, 0.25) is 0 Å². The number of carbonyl (C=O) groups is 1. The minimum absolute atomic E-state index is 0.105. The first-order chi connectivity index (χ1) is 9.24. The number of piperazine rings is 1. The Kier molecular flexibility index (Phi) is 3.93. The summed E-state index contributed by atoms with van der Waals surface area (Å²) >= 11 is 0. The quantitative estimate of drug-likeness (QED) is 0.772. The summed E-state index contributed by atoms with van der Waals surface area (Å²) in [5, 5.41) is 3.12. The lowest BCUT2D eigenvalue weighted by Gasteiger charge is -2.47. The molecular weight excluding hydrogens is 242 g/mol. The highest BCUT2D eigenvalue weighted by molar-refractivity contribution is 5.75. The van der Waals surface area contributed by atoms with Crippen molar-refractivity contribution in [3.63, 3.8) is 0 Å². The van der Waals surface area contributed by atoms with Gasteiger partial charge in [-0.15, -0.1) is 0 Å². The summed E-state index contributed by atoms with van der Waals surface area (Å²) in [7, 11) is 0. The Morgan fingerprint density at radius 3 is 2.95 bits per heavy atom. The van der Waals surface area contributed by atoms with E-state index in [0.717, 1.165) is 26.1 Å². The molecule has 5 nitrogen and oxygen atoms in total. The predicted molar refractivity (Wildman–Crippen MR) is 73.1 cm³/mol. The van der Waals surface area contributed by atoms with Crippen LogP contribution in [0, 0.1) is 0 Å². The Labute approximate surface area is 115 Å². The largest absolute Gasteiger partial charge is 0.379 e. The number of hydrogen-bond acceptors (Lipinski definition) is 3. The summed E-state index contributed by atoms with van der Waals surface area (Å²) in [4.78, 5) is 17.0. The van der Waals surface area contributed by atoms with Gasteiger partial charge in [0.1, 0.15) is 0 Å². The van der Waals surface area contributed by atoms with Crippen LogP contribution in [0.15, 0.2) is 0 Å². The number of ether oxygens (including phenoxy) is 1. The van der Waals surface area contributed by atoms with E-state index >= 15 is 0 Å². The van der Waals surface area contributed by atoms with Crippen molar-refractivity contribution in [1.82, 2.24) is 15.1 Å². The van der Waals surface area contributed by atoms with Crippen LogP contribution in [0.25, 0.3) is 0 Å². The molecule has 1 N–H and O–H groups in total. The van der Waals surface area contributed by atoms with Crippen molar-refractivity contribution >= 4 is 6.03 Å². The molecule has 0 radical (unpaired) electrons. The number of amides is 2. The van der Waals surface area contributed by atoms with Crippen LogP contribution < -0.4 is 5.32 Å². The first kappa shape index (κ1) is 13.2. The highest BCUT2D eigenvalue weighted by Crippen LogP contribution is 2.24. The van der Waals surface area contributed by atoms with Crippen LogP contribution in [0.5, 0.6) is 0 Å². The molecule has 0 aromatic carbocycles. The van der Waals surface area contributed by atoms with E-state index in [1.807, 2.05) is 4.90 Å². The number of urea groups is 1. The molecule has 3 aliphatic heterocycles. The fourth-order valence-corrected chi connectivity index (χ4v) is 3.54. The van der Waals surface area contributed by atoms with E-state index in [2.05, 4.69) is 17.1 Å². The van der Waals surface area contributed by atoms with Gasteiger partial charge in [-0.2, -0.15) is 0 Å². The molecule has 3 fully saturated rings. The number of nitrogens with zero attached hydrogens (tertiary/aromatic N) is 2. The van der Waals surface area contributed by atoms with E-state index in [0.29, 0.717) is 18.7 Å². The van der Waals surface area contributed by atoms with E-state index < -0.39 is 0 Å². The van der Waals surface area contributed by atoms with Gasteiger partial charge in [0.2, 0.25) is 0 Å². The second-order valence-corrected chi connectivity index (χ2v) is 6.16. The predicted octanol–water partition coefficient (Wildman–Crippen LogP) is 1.04. The number of carbonyl (C=O) groups excluding carboxylic acids is 1. The summed E-state index contributed by atoms with van der Waals surface area (Å²) in [5.74, 6) is 0. The number of piperidine rings is 1. The maximum absolute atomic E-state index is 12.4. The zero-order valence-corrected chi connectivity index (χ0v) is 11.8. The zero-order chi connectivity index (χ0) is 13.2. The molecular formula is C14H25N3O2. The molecule has 3 rings (SSSR count). The molecule has 0 aromatic rings. The minimum Gasteiger partial charge on any atom is -0.379 e. The second-order valence-electron chi connectivity index (χ2n) is 6.16. The average molecular weight is 267 g/mol. The molecule has 19 heavy (non-hydrogen) atoms. The third kappa shape index (κ3) is 2.87. The van der Waals surface area contributed by atoms with E-state index in [9.17, 15) is 4.79 Å². The van der Waals surface area contributed by atoms with Gasteiger partial charge in [-0.1, -0.05) is 6.42 Å². The van der Waals surface area contributed by atoms with Gasteiger partial charge in [-0.25, -0.2) is 4.79 Å². The highest BCUT2D eigenvalue weighted by atomic mass is 16.5. The molecule has 0 saturated carbocycles. The van der Waals surface area contributed by atoms with Crippen molar-refractivity contribution < 1.29 is 9.53 Å². The average Bonchev–Trinajstić information content (AvgIpc) is 2.90. The second kappa shape index (κ2) is 5.67. The minimum atomic E-state index is 0.105. The third-order valence-electron chi connectivity index (χ3n) is 4.71. The summed E-state index contributed by atoms with van der Waals surface area (Å²) in [6.45, 7) is 6.73. The van der Waals surface area contributed by atoms with Crippen LogP contribution in [0.4, 0.5) is 4.79 Å². The number of rotatable bonds is 1. The summed E-state index contributed by atoms with van der Waals surface area (Å²) in [5.41, 5.74) is 0. The summed E-state index contributed by atoms with van der Waals surface area (Å²) in [6, 6.07) is 1.21. The van der Waals surface area contributed by atoms with Gasteiger partial charge in [0.05, 0.1) is 12.6 Å². The normalized spacial score (nSPS) is 36.1. The van der Waals surface area contributed by atoms with E-state index in [-0.39, 0.29) is 12.1 Å². The van der Waals surface area contributed by atoms with Gasteiger partial charge in [-0.05, 0) is 32.7 Å². The molecule has 5 heteroatoms. The Morgan fingerprint density at radius 1 is 1.26 bits per heavy atom. The molecule has 3 heterocycles. The first-order valence-electron chi connectivity index (χ1n) is 7.63. The van der Waals surface area contributed by atoms with Gasteiger partial charge >= 0.3 is 6.03 Å². The van der Waals surface area contributed by atoms with Crippen molar-refractivity contribution in [2.24, 2.45) is 0 Å². The monoisotopic (exact) mass is 267 g/mol. The van der Waals surface area contributed by atoms with Gasteiger partial charge < -0.3 is 15.0 Å². The summed E-state index contributed by atoms with van der Waals surface area (Å²) in [6.07, 6.45) is 4.81. The zero-order valence-electron chi connectivity index (χ0n) is 11.8. The Bertz CT molecular complexity index is 331. The molecule has 3 aliphatic rings. The molecule has 3 unspecified atom stereocenters. The molecule has 0 aromatic heterocycles. The van der Waals surface area contributed by atoms with Gasteiger partial charge in [0.25, 0.3) is 0 Å². The van der Waals surface area contributed by atoms with Crippen molar-refractivity contribution in [2.45, 2.75) is 50.7 Å². The number of nitrogens with one attached hydrogen (secondary N) is 1. The smallest absolute Gasteiger partial charge is 0.318 e. The SMILES string of the molecule is CC1CN2CCCCC2CN1C(=O)NC1CCOC1. The van der Waals surface area contributed by atoms with Gasteiger partial charge in [-0.3, -0.25) is 4.90 Å². The molecule has 3 atom stereocenters. The lowest BCUT2D eigenvalue weighted by molar-refractivity contribution is 0.0338. The number of hydrogen-bond donors (Lipinski definition) is 1. The maximum atomic E-state index is 12.4. The van der Waals surface area contributed by atoms with Crippen LogP contribution >= 0.6 is 0 Å². The lowest BCUT2D eigenvalue weighted by atomic mass is 9.97. The Balaban J connectivity index is 1.58. The fraction of sp³-hybridized carbons (Fsp3) is 0.929. The van der Waals surface area contributed by atoms with Crippen molar-refractivity contribution in [1.29, 1.82) is 0 Å². The first-order valence-corrected chi connectivity index (χ1v) is 7.63. The molecule has 108 valence electrons. The Hall–Kier alpha value is -0.810.